The fourth-order valence-corrected chi connectivity index (χ4v) is 6.69. The van der Waals surface area contributed by atoms with E-state index in [2.05, 4.69) is 114 Å². The Morgan fingerprint density at radius 3 is 2.11 bits per heavy atom. The van der Waals surface area contributed by atoms with E-state index < -0.39 is 0 Å². The van der Waals surface area contributed by atoms with Crippen molar-refractivity contribution in [2.45, 2.75) is 26.3 Å². The van der Waals surface area contributed by atoms with E-state index >= 15 is 0 Å². The molecule has 6 nitrogen and oxygen atoms in total. The average molecular weight is 699 g/mol. The van der Waals surface area contributed by atoms with E-state index in [1.54, 1.807) is 12.4 Å². The number of hydrogen-bond donors (Lipinski definition) is 0. The Labute approximate surface area is 315 Å². The van der Waals surface area contributed by atoms with Crippen LogP contribution in [0.5, 0.6) is 0 Å². The van der Waals surface area contributed by atoms with Gasteiger partial charge in [0, 0.05) is 46.1 Å². The largest absolute Gasteiger partial charge is 0.264 e. The number of aliphatic imine (C=N–C) groups is 3. The van der Waals surface area contributed by atoms with Crippen molar-refractivity contribution in [2.75, 3.05) is 0 Å². The summed E-state index contributed by atoms with van der Waals surface area (Å²) in [6.07, 6.45) is 5.47. The molecule has 0 radical (unpaired) electrons. The molecule has 8 rings (SSSR count). The van der Waals surface area contributed by atoms with Gasteiger partial charge in [0.05, 0.1) is 23.3 Å². The molecule has 0 atom stereocenters. The molecule has 0 aliphatic heterocycles. The molecule has 6 heteroatoms. The lowest BCUT2D eigenvalue weighted by molar-refractivity contribution is 0.867. The van der Waals surface area contributed by atoms with Gasteiger partial charge in [0.1, 0.15) is 0 Å². The third-order valence-corrected chi connectivity index (χ3v) is 9.57. The smallest absolute Gasteiger partial charge is 0.161 e. The highest BCUT2D eigenvalue weighted by Gasteiger charge is 2.15. The van der Waals surface area contributed by atoms with Gasteiger partial charge in [0.15, 0.2) is 11.7 Å². The van der Waals surface area contributed by atoms with E-state index in [1.165, 1.54) is 5.56 Å². The number of aromatic nitrogens is 3. The summed E-state index contributed by atoms with van der Waals surface area (Å²) in [5.41, 5.74) is 12.0. The van der Waals surface area contributed by atoms with Crippen LogP contribution in [0.3, 0.4) is 0 Å². The number of hydrogen-bond acceptors (Lipinski definition) is 4. The average Bonchev–Trinajstić information content (AvgIpc) is 3.24. The SMILES string of the molecule is C=NC(=NC(=NCc1ccccc1)c1ccccc1)c1cc(-c2ccc(-c3nc4cccnc4c4cnccc34)cc2)cc(-c2cccc(C(C)C)c2)c1. The minimum Gasteiger partial charge on any atom is -0.264 e. The molecule has 0 N–H and O–H groups in total. The molecular weight excluding hydrogens is 661 g/mol. The molecule has 5 aromatic carbocycles. The third kappa shape index (κ3) is 7.23. The predicted molar refractivity (Wildman–Crippen MR) is 224 cm³/mol. The van der Waals surface area contributed by atoms with Gasteiger partial charge in [0.25, 0.3) is 0 Å². The molecule has 0 bridgehead atoms. The second-order valence-corrected chi connectivity index (χ2v) is 13.5. The third-order valence-electron chi connectivity index (χ3n) is 9.57. The summed E-state index contributed by atoms with van der Waals surface area (Å²) < 4.78 is 0. The van der Waals surface area contributed by atoms with Crippen LogP contribution in [-0.2, 0) is 6.54 Å². The highest BCUT2D eigenvalue weighted by atomic mass is 15.0. The maximum atomic E-state index is 5.09. The Morgan fingerprint density at radius 1 is 0.611 bits per heavy atom. The van der Waals surface area contributed by atoms with Gasteiger partial charge in [-0.3, -0.25) is 15.0 Å². The molecule has 0 amide bonds. The lowest BCUT2D eigenvalue weighted by atomic mass is 9.92. The van der Waals surface area contributed by atoms with Crippen molar-refractivity contribution in [1.82, 2.24) is 15.0 Å². The molecule has 3 heterocycles. The Morgan fingerprint density at radius 2 is 1.35 bits per heavy atom. The Hall–Kier alpha value is -6.92. The summed E-state index contributed by atoms with van der Waals surface area (Å²) in [5.74, 6) is 1.49. The van der Waals surface area contributed by atoms with Gasteiger partial charge in [-0.2, -0.15) is 0 Å². The van der Waals surface area contributed by atoms with Crippen LogP contribution in [0.1, 0.15) is 42.0 Å². The van der Waals surface area contributed by atoms with Gasteiger partial charge >= 0.3 is 0 Å². The van der Waals surface area contributed by atoms with E-state index in [-0.39, 0.29) is 0 Å². The number of rotatable bonds is 8. The fourth-order valence-electron chi connectivity index (χ4n) is 6.69. The molecule has 0 unspecified atom stereocenters. The van der Waals surface area contributed by atoms with E-state index in [4.69, 9.17) is 15.0 Å². The minimum atomic E-state index is 0.396. The Balaban J connectivity index is 1.25. The summed E-state index contributed by atoms with van der Waals surface area (Å²) in [6, 6.07) is 50.0. The van der Waals surface area contributed by atoms with Crippen LogP contribution in [0.2, 0.25) is 0 Å². The van der Waals surface area contributed by atoms with E-state index in [9.17, 15) is 0 Å². The van der Waals surface area contributed by atoms with Crippen LogP contribution in [0, 0.1) is 0 Å². The summed E-state index contributed by atoms with van der Waals surface area (Å²) >= 11 is 0. The molecule has 3 aromatic heterocycles. The number of amidine groups is 2. The van der Waals surface area contributed by atoms with Crippen LogP contribution in [-0.4, -0.2) is 33.3 Å². The van der Waals surface area contributed by atoms with Crippen LogP contribution in [0.25, 0.3) is 55.3 Å². The predicted octanol–water partition coefficient (Wildman–Crippen LogP) is 11.4. The summed E-state index contributed by atoms with van der Waals surface area (Å²) in [5, 5.41) is 1.99. The molecule has 8 aromatic rings. The van der Waals surface area contributed by atoms with E-state index in [0.29, 0.717) is 24.1 Å². The molecule has 260 valence electrons. The molecule has 0 spiro atoms. The van der Waals surface area contributed by atoms with Gasteiger partial charge in [-0.25, -0.2) is 15.0 Å². The van der Waals surface area contributed by atoms with Crippen molar-refractivity contribution in [3.8, 4) is 33.5 Å². The monoisotopic (exact) mass is 698 g/mol. The van der Waals surface area contributed by atoms with Crippen molar-refractivity contribution >= 4 is 40.2 Å². The van der Waals surface area contributed by atoms with Crippen molar-refractivity contribution in [3.63, 3.8) is 0 Å². The standard InChI is InChI=1S/C48H38N6/c1-32(2)37-16-10-17-38(26-37)40-27-39(34-19-21-35(22-20-34)45-42-23-25-50-31-43(42)46-44(53-45)18-11-24-51-46)28-41(29-40)47(49-3)54-48(36-14-8-5-9-15-36)52-30-33-12-6-4-7-13-33/h4-29,31-32H,3,30H2,1-2H3. The van der Waals surface area contributed by atoms with Gasteiger partial charge in [-0.15, -0.1) is 0 Å². The lowest BCUT2D eigenvalue weighted by Crippen LogP contribution is -2.06. The zero-order valence-corrected chi connectivity index (χ0v) is 30.3. The molecule has 0 aliphatic rings. The van der Waals surface area contributed by atoms with Crippen LogP contribution in [0.15, 0.2) is 179 Å². The van der Waals surface area contributed by atoms with Crippen molar-refractivity contribution < 1.29 is 0 Å². The van der Waals surface area contributed by atoms with Crippen LogP contribution in [0.4, 0.5) is 0 Å². The molecular formula is C48H38N6. The first-order valence-corrected chi connectivity index (χ1v) is 18.1. The van der Waals surface area contributed by atoms with Gasteiger partial charge in [-0.1, -0.05) is 123 Å². The van der Waals surface area contributed by atoms with E-state index in [0.717, 1.165) is 72.0 Å². The molecule has 54 heavy (non-hydrogen) atoms. The van der Waals surface area contributed by atoms with Crippen LogP contribution < -0.4 is 0 Å². The second kappa shape index (κ2) is 15.4. The Kier molecular flexibility index (Phi) is 9.72. The quantitative estimate of drug-likeness (QED) is 0.0900. The first-order valence-electron chi connectivity index (χ1n) is 18.1. The number of nitrogens with zero attached hydrogens (tertiary/aromatic N) is 6. The van der Waals surface area contributed by atoms with Gasteiger partial charge in [0.2, 0.25) is 0 Å². The highest BCUT2D eigenvalue weighted by Crippen LogP contribution is 2.34. The van der Waals surface area contributed by atoms with Crippen molar-refractivity contribution in [3.05, 3.63) is 186 Å². The number of fused-ring (bicyclic) bond motifs is 3. The number of pyridine rings is 3. The topological polar surface area (TPSA) is 75.8 Å². The molecule has 0 saturated heterocycles. The summed E-state index contributed by atoms with van der Waals surface area (Å²) in [4.78, 5) is 28.6. The maximum Gasteiger partial charge on any atom is 0.161 e. The lowest BCUT2D eigenvalue weighted by Gasteiger charge is -2.14. The van der Waals surface area contributed by atoms with Gasteiger partial charge < -0.3 is 0 Å². The zero-order chi connectivity index (χ0) is 36.9. The second-order valence-electron chi connectivity index (χ2n) is 13.5. The summed E-state index contributed by atoms with van der Waals surface area (Å²) in [7, 11) is 0. The molecule has 0 aliphatic carbocycles. The minimum absolute atomic E-state index is 0.396. The Bertz CT molecular complexity index is 2660. The van der Waals surface area contributed by atoms with E-state index in [1.807, 2.05) is 72.9 Å². The summed E-state index contributed by atoms with van der Waals surface area (Å²) in [6.45, 7) is 8.91. The zero-order valence-electron chi connectivity index (χ0n) is 30.3. The first kappa shape index (κ1) is 34.2. The van der Waals surface area contributed by atoms with Crippen molar-refractivity contribution in [2.24, 2.45) is 15.0 Å². The molecule has 0 saturated carbocycles. The molecule has 0 fully saturated rings. The fraction of sp³-hybridized carbons (Fsp3) is 0.0833. The first-order chi connectivity index (χ1) is 26.5. The van der Waals surface area contributed by atoms with Gasteiger partial charge in [-0.05, 0) is 82.4 Å². The highest BCUT2D eigenvalue weighted by molar-refractivity contribution is 6.13. The van der Waals surface area contributed by atoms with Crippen molar-refractivity contribution in [1.29, 1.82) is 0 Å². The maximum absolute atomic E-state index is 5.09. The number of benzene rings is 5. The van der Waals surface area contributed by atoms with Crippen LogP contribution >= 0.6 is 0 Å². The normalized spacial score (nSPS) is 12.1.